The van der Waals surface area contributed by atoms with Crippen molar-refractivity contribution in [1.29, 1.82) is 0 Å². The molecule has 2 heterocycles. The maximum atomic E-state index is 6.04. The van der Waals surface area contributed by atoms with E-state index in [0.29, 0.717) is 17.5 Å². The van der Waals surface area contributed by atoms with Crippen LogP contribution in [-0.4, -0.2) is 15.0 Å². The smallest absolute Gasteiger partial charge is 0.163 e. The van der Waals surface area contributed by atoms with E-state index in [0.717, 1.165) is 44.2 Å². The second-order valence-corrected chi connectivity index (χ2v) is 7.51. The Balaban J connectivity index is 1.61. The van der Waals surface area contributed by atoms with E-state index in [1.807, 2.05) is 55.5 Å². The lowest BCUT2D eigenvalue weighted by molar-refractivity contribution is 0.669. The number of furan rings is 1. The molecule has 0 aliphatic carbocycles. The van der Waals surface area contributed by atoms with E-state index < -0.39 is 0 Å². The summed E-state index contributed by atoms with van der Waals surface area (Å²) in [6.45, 7) is 7.73. The van der Waals surface area contributed by atoms with E-state index >= 15 is 0 Å². The zero-order valence-electron chi connectivity index (χ0n) is 17.5. The molecule has 0 spiro atoms. The standard InChI is InChI=1S/C27H21N3O/c1-4-8-17(2)19-9-7-10-20(15-19)26-28-18(3)29-27(30-26)21-13-14-23-22-11-5-6-12-24(22)31-25(23)16-21/h4-16H,1H2,2-3H3/b17-8+. The van der Waals surface area contributed by atoms with Gasteiger partial charge in [0.15, 0.2) is 11.6 Å². The normalized spacial score (nSPS) is 11.9. The van der Waals surface area contributed by atoms with Crippen LogP contribution >= 0.6 is 0 Å². The predicted octanol–water partition coefficient (Wildman–Crippen LogP) is 7.00. The Hall–Kier alpha value is -4.05. The van der Waals surface area contributed by atoms with Crippen molar-refractivity contribution in [3.63, 3.8) is 0 Å². The van der Waals surface area contributed by atoms with Crippen molar-refractivity contribution in [3.8, 4) is 22.8 Å². The van der Waals surface area contributed by atoms with E-state index in [1.165, 1.54) is 0 Å². The zero-order chi connectivity index (χ0) is 21.4. The van der Waals surface area contributed by atoms with Crippen LogP contribution in [0.2, 0.25) is 0 Å². The first-order valence-electron chi connectivity index (χ1n) is 10.2. The van der Waals surface area contributed by atoms with Crippen LogP contribution in [0.4, 0.5) is 0 Å². The fourth-order valence-electron chi connectivity index (χ4n) is 3.78. The number of hydrogen-bond donors (Lipinski definition) is 0. The van der Waals surface area contributed by atoms with Crippen LogP contribution in [0.15, 0.2) is 89.9 Å². The summed E-state index contributed by atoms with van der Waals surface area (Å²) in [7, 11) is 0. The highest BCUT2D eigenvalue weighted by Gasteiger charge is 2.12. The third-order valence-corrected chi connectivity index (χ3v) is 5.33. The van der Waals surface area contributed by atoms with Crippen LogP contribution in [0.3, 0.4) is 0 Å². The van der Waals surface area contributed by atoms with Crippen molar-refractivity contribution in [2.24, 2.45) is 0 Å². The molecule has 0 aliphatic heterocycles. The van der Waals surface area contributed by atoms with Gasteiger partial charge in [0, 0.05) is 21.9 Å². The molecular weight excluding hydrogens is 382 g/mol. The molecule has 4 heteroatoms. The average Bonchev–Trinajstić information content (AvgIpc) is 3.17. The Labute approximate surface area is 180 Å². The van der Waals surface area contributed by atoms with E-state index in [9.17, 15) is 0 Å². The Morgan fingerprint density at radius 2 is 1.55 bits per heavy atom. The molecular formula is C27H21N3O. The summed E-state index contributed by atoms with van der Waals surface area (Å²) in [5.41, 5.74) is 5.80. The van der Waals surface area contributed by atoms with Gasteiger partial charge in [-0.2, -0.15) is 0 Å². The van der Waals surface area contributed by atoms with Gasteiger partial charge in [-0.15, -0.1) is 0 Å². The van der Waals surface area contributed by atoms with Crippen molar-refractivity contribution >= 4 is 27.5 Å². The Morgan fingerprint density at radius 1 is 0.806 bits per heavy atom. The van der Waals surface area contributed by atoms with Crippen molar-refractivity contribution in [3.05, 3.63) is 96.8 Å². The maximum Gasteiger partial charge on any atom is 0.163 e. The van der Waals surface area contributed by atoms with Gasteiger partial charge in [0.05, 0.1) is 0 Å². The summed E-state index contributed by atoms with van der Waals surface area (Å²) < 4.78 is 6.04. The predicted molar refractivity (Wildman–Crippen MR) is 127 cm³/mol. The summed E-state index contributed by atoms with van der Waals surface area (Å²) in [6.07, 6.45) is 3.78. The zero-order valence-corrected chi connectivity index (χ0v) is 17.5. The number of nitrogens with zero attached hydrogens (tertiary/aromatic N) is 3. The quantitative estimate of drug-likeness (QED) is 0.303. The lowest BCUT2D eigenvalue weighted by atomic mass is 10.0. The summed E-state index contributed by atoms with van der Waals surface area (Å²) >= 11 is 0. The molecule has 31 heavy (non-hydrogen) atoms. The van der Waals surface area contributed by atoms with Gasteiger partial charge in [-0.25, -0.2) is 15.0 Å². The van der Waals surface area contributed by atoms with Gasteiger partial charge in [-0.3, -0.25) is 0 Å². The molecule has 3 aromatic carbocycles. The second kappa shape index (κ2) is 7.65. The molecule has 0 fully saturated rings. The number of aryl methyl sites for hydroxylation is 1. The first-order chi connectivity index (χ1) is 15.1. The topological polar surface area (TPSA) is 51.8 Å². The van der Waals surface area contributed by atoms with Gasteiger partial charge in [-0.1, -0.05) is 61.2 Å². The minimum Gasteiger partial charge on any atom is -0.456 e. The van der Waals surface area contributed by atoms with Crippen molar-refractivity contribution < 1.29 is 4.42 Å². The minimum absolute atomic E-state index is 0.633. The Bertz CT molecular complexity index is 1480. The summed E-state index contributed by atoms with van der Waals surface area (Å²) in [5, 5.41) is 2.19. The number of benzene rings is 3. The number of rotatable bonds is 4. The number of allylic oxidation sites excluding steroid dienone is 3. The summed E-state index contributed by atoms with van der Waals surface area (Å²) in [6, 6.07) is 22.4. The fourth-order valence-corrected chi connectivity index (χ4v) is 3.78. The van der Waals surface area contributed by atoms with Crippen LogP contribution in [0, 0.1) is 6.92 Å². The Morgan fingerprint density at radius 3 is 2.35 bits per heavy atom. The highest BCUT2D eigenvalue weighted by Crippen LogP contribution is 2.31. The van der Waals surface area contributed by atoms with E-state index in [-0.39, 0.29) is 0 Å². The molecule has 0 unspecified atom stereocenters. The molecule has 0 saturated carbocycles. The third-order valence-electron chi connectivity index (χ3n) is 5.33. The van der Waals surface area contributed by atoms with E-state index in [4.69, 9.17) is 9.40 Å². The van der Waals surface area contributed by atoms with Crippen LogP contribution < -0.4 is 0 Å². The monoisotopic (exact) mass is 403 g/mol. The molecule has 5 rings (SSSR count). The largest absolute Gasteiger partial charge is 0.456 e. The minimum atomic E-state index is 0.633. The Kier molecular flexibility index (Phi) is 4.68. The molecule has 0 saturated heterocycles. The second-order valence-electron chi connectivity index (χ2n) is 7.51. The SMILES string of the molecule is C=C/C=C(\C)c1cccc(-c2nc(C)nc(-c3ccc4c(c3)oc3ccccc34)n2)c1. The average molecular weight is 403 g/mol. The van der Waals surface area contributed by atoms with Gasteiger partial charge in [0.25, 0.3) is 0 Å². The van der Waals surface area contributed by atoms with Crippen LogP contribution in [0.5, 0.6) is 0 Å². The molecule has 4 nitrogen and oxygen atoms in total. The molecule has 150 valence electrons. The summed E-state index contributed by atoms with van der Waals surface area (Å²) in [5.74, 6) is 1.96. The number of para-hydroxylation sites is 1. The maximum absolute atomic E-state index is 6.04. The highest BCUT2D eigenvalue weighted by molar-refractivity contribution is 6.05. The molecule has 0 N–H and O–H groups in total. The van der Waals surface area contributed by atoms with E-state index in [1.54, 1.807) is 6.08 Å². The first kappa shape index (κ1) is 18.9. The van der Waals surface area contributed by atoms with Gasteiger partial charge in [0.1, 0.15) is 17.0 Å². The molecule has 2 aromatic heterocycles. The molecule has 0 atom stereocenters. The number of hydrogen-bond acceptors (Lipinski definition) is 4. The van der Waals surface area contributed by atoms with Gasteiger partial charge < -0.3 is 4.42 Å². The summed E-state index contributed by atoms with van der Waals surface area (Å²) in [4.78, 5) is 14.0. The van der Waals surface area contributed by atoms with Crippen molar-refractivity contribution in [2.75, 3.05) is 0 Å². The fraction of sp³-hybridized carbons (Fsp3) is 0.0741. The molecule has 0 aliphatic rings. The molecule has 0 radical (unpaired) electrons. The first-order valence-corrected chi connectivity index (χ1v) is 10.2. The number of fused-ring (bicyclic) bond motifs is 3. The van der Waals surface area contributed by atoms with Crippen LogP contribution in [0.25, 0.3) is 50.3 Å². The van der Waals surface area contributed by atoms with Crippen molar-refractivity contribution in [1.82, 2.24) is 15.0 Å². The third kappa shape index (κ3) is 3.53. The molecule has 0 bridgehead atoms. The van der Waals surface area contributed by atoms with Gasteiger partial charge >= 0.3 is 0 Å². The lowest BCUT2D eigenvalue weighted by Gasteiger charge is -2.08. The highest BCUT2D eigenvalue weighted by atomic mass is 16.3. The van der Waals surface area contributed by atoms with Gasteiger partial charge in [-0.05, 0) is 49.2 Å². The molecule has 0 amide bonds. The van der Waals surface area contributed by atoms with E-state index in [2.05, 4.69) is 47.7 Å². The molecule has 5 aromatic rings. The lowest BCUT2D eigenvalue weighted by Crippen LogP contribution is -1.99. The van der Waals surface area contributed by atoms with Crippen LogP contribution in [0.1, 0.15) is 18.3 Å². The van der Waals surface area contributed by atoms with Gasteiger partial charge in [0.2, 0.25) is 0 Å². The van der Waals surface area contributed by atoms with Crippen molar-refractivity contribution in [2.45, 2.75) is 13.8 Å². The number of aromatic nitrogens is 3. The van der Waals surface area contributed by atoms with Crippen LogP contribution in [-0.2, 0) is 0 Å².